The second-order valence-electron chi connectivity index (χ2n) is 6.05. The van der Waals surface area contributed by atoms with Crippen molar-refractivity contribution in [2.24, 2.45) is 0 Å². The largest absolute Gasteiger partial charge is 0.489 e. The van der Waals surface area contributed by atoms with E-state index in [2.05, 4.69) is 0 Å². The number of benzene rings is 2. The van der Waals surface area contributed by atoms with Crippen molar-refractivity contribution in [2.75, 3.05) is 6.61 Å². The standard InChI is InChI=1S/C21H20O3/c1-14(2)10-11-23-17-8-9-18-19(13-17)24-20(21(18)22)12-16-7-5-4-6-15(16)3/h4-10,12-13H,11H2,1-3H3/b20-12-. The predicted molar refractivity (Wildman–Crippen MR) is 95.5 cm³/mol. The molecule has 3 nitrogen and oxygen atoms in total. The second-order valence-corrected chi connectivity index (χ2v) is 6.05. The highest BCUT2D eigenvalue weighted by atomic mass is 16.5. The van der Waals surface area contributed by atoms with Crippen LogP contribution in [0.1, 0.15) is 35.3 Å². The van der Waals surface area contributed by atoms with E-state index in [1.54, 1.807) is 24.3 Å². The normalized spacial score (nSPS) is 14.3. The third-order valence-electron chi connectivity index (χ3n) is 3.86. The first kappa shape index (κ1) is 16.1. The minimum Gasteiger partial charge on any atom is -0.489 e. The molecule has 2 aromatic carbocycles. The summed E-state index contributed by atoms with van der Waals surface area (Å²) in [6.07, 6.45) is 3.80. The number of ether oxygens (including phenoxy) is 2. The van der Waals surface area contributed by atoms with E-state index in [1.807, 2.05) is 51.1 Å². The van der Waals surface area contributed by atoms with Crippen LogP contribution in [-0.4, -0.2) is 12.4 Å². The summed E-state index contributed by atoms with van der Waals surface area (Å²) in [5, 5.41) is 0. The number of aryl methyl sites for hydroxylation is 1. The molecule has 0 fully saturated rings. The Bertz CT molecular complexity index is 840. The fourth-order valence-corrected chi connectivity index (χ4v) is 2.45. The van der Waals surface area contributed by atoms with Gasteiger partial charge in [0, 0.05) is 6.07 Å². The van der Waals surface area contributed by atoms with Gasteiger partial charge in [0.25, 0.3) is 0 Å². The van der Waals surface area contributed by atoms with Gasteiger partial charge in [-0.3, -0.25) is 4.79 Å². The number of allylic oxidation sites excluding steroid dienone is 2. The number of carbonyl (C=O) groups excluding carboxylic acids is 1. The molecule has 1 aliphatic heterocycles. The Hall–Kier alpha value is -2.81. The van der Waals surface area contributed by atoms with Gasteiger partial charge < -0.3 is 9.47 Å². The van der Waals surface area contributed by atoms with Crippen LogP contribution >= 0.6 is 0 Å². The molecule has 0 aromatic heterocycles. The zero-order chi connectivity index (χ0) is 17.1. The number of Topliss-reactive ketones (excluding diaryl/α,β-unsaturated/α-hetero) is 1. The van der Waals surface area contributed by atoms with Gasteiger partial charge in [0.1, 0.15) is 18.1 Å². The van der Waals surface area contributed by atoms with Crippen molar-refractivity contribution in [1.29, 1.82) is 0 Å². The van der Waals surface area contributed by atoms with Crippen molar-refractivity contribution in [2.45, 2.75) is 20.8 Å². The summed E-state index contributed by atoms with van der Waals surface area (Å²) >= 11 is 0. The molecule has 122 valence electrons. The summed E-state index contributed by atoms with van der Waals surface area (Å²) in [7, 11) is 0. The Morgan fingerprint density at radius 1 is 1.17 bits per heavy atom. The Morgan fingerprint density at radius 3 is 2.71 bits per heavy atom. The van der Waals surface area contributed by atoms with Gasteiger partial charge in [0.15, 0.2) is 5.76 Å². The van der Waals surface area contributed by atoms with Crippen molar-refractivity contribution in [1.82, 2.24) is 0 Å². The fourth-order valence-electron chi connectivity index (χ4n) is 2.45. The molecule has 0 spiro atoms. The van der Waals surface area contributed by atoms with Crippen LogP contribution < -0.4 is 9.47 Å². The maximum Gasteiger partial charge on any atom is 0.231 e. The molecule has 0 N–H and O–H groups in total. The molecule has 24 heavy (non-hydrogen) atoms. The zero-order valence-electron chi connectivity index (χ0n) is 14.1. The second kappa shape index (κ2) is 6.75. The van der Waals surface area contributed by atoms with Crippen LogP contribution in [0.4, 0.5) is 0 Å². The molecule has 0 unspecified atom stereocenters. The first-order chi connectivity index (χ1) is 11.5. The average Bonchev–Trinajstić information content (AvgIpc) is 2.85. The van der Waals surface area contributed by atoms with E-state index in [0.717, 1.165) is 11.1 Å². The molecule has 1 heterocycles. The molecule has 0 bridgehead atoms. The quantitative estimate of drug-likeness (QED) is 0.590. The van der Waals surface area contributed by atoms with E-state index in [1.165, 1.54) is 5.57 Å². The highest BCUT2D eigenvalue weighted by Gasteiger charge is 2.27. The molecular formula is C21H20O3. The van der Waals surface area contributed by atoms with Crippen molar-refractivity contribution in [3.05, 3.63) is 76.6 Å². The number of hydrogen-bond donors (Lipinski definition) is 0. The van der Waals surface area contributed by atoms with Gasteiger partial charge in [0.2, 0.25) is 5.78 Å². The van der Waals surface area contributed by atoms with Gasteiger partial charge in [0.05, 0.1) is 5.56 Å². The first-order valence-electron chi connectivity index (χ1n) is 7.94. The van der Waals surface area contributed by atoms with E-state index in [-0.39, 0.29) is 5.78 Å². The molecule has 0 saturated carbocycles. The molecule has 0 aliphatic carbocycles. The number of hydrogen-bond acceptors (Lipinski definition) is 3. The monoisotopic (exact) mass is 320 g/mol. The summed E-state index contributed by atoms with van der Waals surface area (Å²) in [6.45, 7) is 6.56. The Kier molecular flexibility index (Phi) is 4.52. The molecule has 3 rings (SSSR count). The van der Waals surface area contributed by atoms with Crippen LogP contribution in [0.25, 0.3) is 6.08 Å². The third kappa shape index (κ3) is 3.40. The van der Waals surface area contributed by atoms with E-state index in [0.29, 0.717) is 29.4 Å². The van der Waals surface area contributed by atoms with Gasteiger partial charge in [-0.2, -0.15) is 0 Å². The highest BCUT2D eigenvalue weighted by Crippen LogP contribution is 2.35. The lowest BCUT2D eigenvalue weighted by Gasteiger charge is -2.05. The van der Waals surface area contributed by atoms with Gasteiger partial charge in [-0.15, -0.1) is 0 Å². The topological polar surface area (TPSA) is 35.5 Å². The smallest absolute Gasteiger partial charge is 0.231 e. The minimum absolute atomic E-state index is 0.0934. The van der Waals surface area contributed by atoms with Gasteiger partial charge in [-0.05, 0) is 56.2 Å². The lowest BCUT2D eigenvalue weighted by atomic mass is 10.1. The molecule has 2 aromatic rings. The Balaban J connectivity index is 1.82. The highest BCUT2D eigenvalue weighted by molar-refractivity contribution is 6.14. The number of ketones is 1. The van der Waals surface area contributed by atoms with E-state index in [4.69, 9.17) is 9.47 Å². The van der Waals surface area contributed by atoms with Crippen LogP contribution in [0, 0.1) is 6.92 Å². The maximum absolute atomic E-state index is 12.5. The van der Waals surface area contributed by atoms with E-state index in [9.17, 15) is 4.79 Å². The van der Waals surface area contributed by atoms with Crippen LogP contribution in [0.2, 0.25) is 0 Å². The van der Waals surface area contributed by atoms with Crippen molar-refractivity contribution in [3.8, 4) is 11.5 Å². The third-order valence-corrected chi connectivity index (χ3v) is 3.86. The van der Waals surface area contributed by atoms with Crippen LogP contribution in [0.15, 0.2) is 59.9 Å². The zero-order valence-corrected chi connectivity index (χ0v) is 14.1. The van der Waals surface area contributed by atoms with Crippen molar-refractivity contribution < 1.29 is 14.3 Å². The number of fused-ring (bicyclic) bond motifs is 1. The van der Waals surface area contributed by atoms with Gasteiger partial charge in [-0.25, -0.2) is 0 Å². The lowest BCUT2D eigenvalue weighted by Crippen LogP contribution is -1.98. The van der Waals surface area contributed by atoms with Crippen molar-refractivity contribution in [3.63, 3.8) is 0 Å². The average molecular weight is 320 g/mol. The molecule has 3 heteroatoms. The fraction of sp³-hybridized carbons (Fsp3) is 0.190. The summed E-state index contributed by atoms with van der Waals surface area (Å²) < 4.78 is 11.4. The summed E-state index contributed by atoms with van der Waals surface area (Å²) in [4.78, 5) is 12.5. The minimum atomic E-state index is -0.0934. The number of carbonyl (C=O) groups is 1. The van der Waals surface area contributed by atoms with Crippen LogP contribution in [-0.2, 0) is 0 Å². The number of rotatable bonds is 4. The molecule has 0 saturated heterocycles. The predicted octanol–water partition coefficient (Wildman–Crippen LogP) is 4.96. The van der Waals surface area contributed by atoms with Crippen LogP contribution in [0.5, 0.6) is 11.5 Å². The molecule has 1 aliphatic rings. The van der Waals surface area contributed by atoms with Crippen LogP contribution in [0.3, 0.4) is 0 Å². The lowest BCUT2D eigenvalue weighted by molar-refractivity contribution is 0.101. The van der Waals surface area contributed by atoms with Crippen molar-refractivity contribution >= 4 is 11.9 Å². The maximum atomic E-state index is 12.5. The molecule has 0 radical (unpaired) electrons. The molecular weight excluding hydrogens is 300 g/mol. The molecule has 0 amide bonds. The summed E-state index contributed by atoms with van der Waals surface area (Å²) in [5.41, 5.74) is 3.85. The Morgan fingerprint density at radius 2 is 1.96 bits per heavy atom. The Labute approximate surface area is 142 Å². The molecule has 0 atom stereocenters. The first-order valence-corrected chi connectivity index (χ1v) is 7.94. The van der Waals surface area contributed by atoms with Gasteiger partial charge >= 0.3 is 0 Å². The van der Waals surface area contributed by atoms with E-state index < -0.39 is 0 Å². The summed E-state index contributed by atoms with van der Waals surface area (Å²) in [6, 6.07) is 13.2. The van der Waals surface area contributed by atoms with E-state index >= 15 is 0 Å². The SMILES string of the molecule is CC(C)=CCOc1ccc2c(c1)O/C(=C\c1ccccc1C)C2=O. The summed E-state index contributed by atoms with van der Waals surface area (Å²) in [5.74, 6) is 1.50. The van der Waals surface area contributed by atoms with Gasteiger partial charge in [-0.1, -0.05) is 29.8 Å².